The molecule has 1 fully saturated rings. The number of aromatic nitrogens is 4. The van der Waals surface area contributed by atoms with Gasteiger partial charge in [-0.3, -0.25) is 0 Å². The Morgan fingerprint density at radius 3 is 3.00 bits per heavy atom. The summed E-state index contributed by atoms with van der Waals surface area (Å²) in [5.41, 5.74) is 6.95. The van der Waals surface area contributed by atoms with Crippen molar-refractivity contribution in [2.75, 3.05) is 0 Å². The van der Waals surface area contributed by atoms with E-state index >= 15 is 0 Å². The summed E-state index contributed by atoms with van der Waals surface area (Å²) in [5.74, 6) is 1.22. The van der Waals surface area contributed by atoms with Crippen LogP contribution in [0.2, 0.25) is 0 Å². The summed E-state index contributed by atoms with van der Waals surface area (Å²) < 4.78 is 1.82. The van der Waals surface area contributed by atoms with E-state index in [2.05, 4.69) is 15.3 Å². The van der Waals surface area contributed by atoms with Crippen molar-refractivity contribution in [3.8, 4) is 0 Å². The van der Waals surface area contributed by atoms with Crippen LogP contribution in [0, 0.1) is 0 Å². The van der Waals surface area contributed by atoms with Crippen LogP contribution in [0.5, 0.6) is 0 Å². The number of rotatable bonds is 1. The van der Waals surface area contributed by atoms with Crippen molar-refractivity contribution in [2.24, 2.45) is 5.73 Å². The Bertz CT molecular complexity index is 492. The summed E-state index contributed by atoms with van der Waals surface area (Å²) in [5, 5.41) is 12.6. The molecule has 0 radical (unpaired) electrons. The molecular formula is C11H15N5. The highest BCUT2D eigenvalue weighted by Crippen LogP contribution is 2.30. The van der Waals surface area contributed by atoms with Crippen molar-refractivity contribution < 1.29 is 0 Å². The summed E-state index contributed by atoms with van der Waals surface area (Å²) in [6, 6.07) is 3.98. The van der Waals surface area contributed by atoms with Crippen molar-refractivity contribution in [3.63, 3.8) is 0 Å². The fraction of sp³-hybridized carbons (Fsp3) is 0.545. The van der Waals surface area contributed by atoms with E-state index in [4.69, 9.17) is 5.73 Å². The zero-order valence-corrected chi connectivity index (χ0v) is 9.08. The van der Waals surface area contributed by atoms with Crippen molar-refractivity contribution in [1.82, 2.24) is 19.8 Å². The van der Waals surface area contributed by atoms with Crippen LogP contribution < -0.4 is 5.73 Å². The first kappa shape index (κ1) is 9.72. The van der Waals surface area contributed by atoms with E-state index in [1.54, 1.807) is 6.20 Å². The molecule has 0 aliphatic heterocycles. The van der Waals surface area contributed by atoms with Crippen LogP contribution in [0.4, 0.5) is 0 Å². The van der Waals surface area contributed by atoms with Gasteiger partial charge in [0.2, 0.25) is 0 Å². The highest BCUT2D eigenvalue weighted by molar-refractivity contribution is 5.35. The molecule has 5 heteroatoms. The van der Waals surface area contributed by atoms with Crippen LogP contribution >= 0.6 is 0 Å². The maximum Gasteiger partial charge on any atom is 0.177 e. The van der Waals surface area contributed by atoms with Crippen LogP contribution in [0.15, 0.2) is 18.3 Å². The highest BCUT2D eigenvalue weighted by Gasteiger charge is 2.27. The van der Waals surface area contributed by atoms with E-state index in [-0.39, 0.29) is 6.04 Å². The molecule has 2 heterocycles. The van der Waals surface area contributed by atoms with Crippen molar-refractivity contribution in [1.29, 1.82) is 0 Å². The van der Waals surface area contributed by atoms with Gasteiger partial charge in [-0.15, -0.1) is 10.2 Å². The normalized spacial score (nSPS) is 26.1. The lowest BCUT2D eigenvalue weighted by Gasteiger charge is -2.26. The Morgan fingerprint density at radius 2 is 2.12 bits per heavy atom. The Morgan fingerprint density at radius 1 is 1.25 bits per heavy atom. The van der Waals surface area contributed by atoms with Gasteiger partial charge in [0.25, 0.3) is 0 Å². The topological polar surface area (TPSA) is 69.1 Å². The van der Waals surface area contributed by atoms with Crippen LogP contribution in [-0.2, 0) is 0 Å². The molecule has 2 unspecified atom stereocenters. The summed E-state index contributed by atoms with van der Waals surface area (Å²) in [7, 11) is 0. The number of fused-ring (bicyclic) bond motifs is 1. The minimum atomic E-state index is 0.197. The van der Waals surface area contributed by atoms with E-state index in [1.807, 2.05) is 16.6 Å². The zero-order valence-electron chi connectivity index (χ0n) is 9.08. The number of nitrogens with two attached hydrogens (primary N) is 1. The van der Waals surface area contributed by atoms with Crippen molar-refractivity contribution in [2.45, 2.75) is 37.6 Å². The summed E-state index contributed by atoms with van der Waals surface area (Å²) in [4.78, 5) is 0. The quantitative estimate of drug-likeness (QED) is 0.776. The third-order valence-corrected chi connectivity index (χ3v) is 3.35. The summed E-state index contributed by atoms with van der Waals surface area (Å²) in [6.07, 6.45) is 6.38. The summed E-state index contributed by atoms with van der Waals surface area (Å²) in [6.45, 7) is 0. The van der Waals surface area contributed by atoms with E-state index in [0.29, 0.717) is 5.92 Å². The molecule has 1 aliphatic carbocycles. The third-order valence-electron chi connectivity index (χ3n) is 3.35. The van der Waals surface area contributed by atoms with E-state index in [9.17, 15) is 0 Å². The van der Waals surface area contributed by atoms with Gasteiger partial charge in [-0.25, -0.2) is 0 Å². The number of hydrogen-bond acceptors (Lipinski definition) is 4. The minimum Gasteiger partial charge on any atom is -0.327 e. The van der Waals surface area contributed by atoms with Crippen molar-refractivity contribution in [3.05, 3.63) is 24.2 Å². The average Bonchev–Trinajstić information content (AvgIpc) is 2.74. The first-order valence-corrected chi connectivity index (χ1v) is 5.78. The molecule has 0 aromatic carbocycles. The predicted molar refractivity (Wildman–Crippen MR) is 60.0 cm³/mol. The Labute approximate surface area is 93.7 Å². The fourth-order valence-corrected chi connectivity index (χ4v) is 2.47. The molecule has 2 aromatic rings. The van der Waals surface area contributed by atoms with E-state index < -0.39 is 0 Å². The van der Waals surface area contributed by atoms with Gasteiger partial charge in [-0.1, -0.05) is 12.8 Å². The zero-order chi connectivity index (χ0) is 11.0. The summed E-state index contributed by atoms with van der Waals surface area (Å²) >= 11 is 0. The molecule has 0 saturated heterocycles. The lowest BCUT2D eigenvalue weighted by atomic mass is 9.84. The molecule has 16 heavy (non-hydrogen) atoms. The van der Waals surface area contributed by atoms with Gasteiger partial charge in [0, 0.05) is 18.2 Å². The van der Waals surface area contributed by atoms with Gasteiger partial charge in [-0.2, -0.15) is 9.61 Å². The molecule has 2 aromatic heterocycles. The van der Waals surface area contributed by atoms with Crippen LogP contribution in [-0.4, -0.2) is 25.9 Å². The maximum atomic E-state index is 6.15. The minimum absolute atomic E-state index is 0.197. The predicted octanol–water partition coefficient (Wildman–Crippen LogP) is 1.11. The first-order valence-electron chi connectivity index (χ1n) is 5.78. The molecule has 2 atom stereocenters. The second-order valence-electron chi connectivity index (χ2n) is 4.41. The molecule has 1 aliphatic rings. The maximum absolute atomic E-state index is 6.15. The SMILES string of the molecule is NC1CCCCC1c1nnc2cccnn12. The molecule has 0 amide bonds. The van der Waals surface area contributed by atoms with Crippen LogP contribution in [0.3, 0.4) is 0 Å². The van der Waals surface area contributed by atoms with Crippen LogP contribution in [0.1, 0.15) is 37.4 Å². The second-order valence-corrected chi connectivity index (χ2v) is 4.41. The molecule has 5 nitrogen and oxygen atoms in total. The lowest BCUT2D eigenvalue weighted by Crippen LogP contribution is -2.32. The monoisotopic (exact) mass is 217 g/mol. The van der Waals surface area contributed by atoms with Gasteiger partial charge < -0.3 is 5.73 Å². The number of hydrogen-bond donors (Lipinski definition) is 1. The molecule has 2 N–H and O–H groups in total. The Kier molecular flexibility index (Phi) is 2.32. The molecule has 1 saturated carbocycles. The standard InChI is InChI=1S/C11H15N5/c12-9-5-2-1-4-8(9)11-15-14-10-6-3-7-13-16(10)11/h3,6-9H,1-2,4-5,12H2. The van der Waals surface area contributed by atoms with Crippen LogP contribution in [0.25, 0.3) is 5.65 Å². The second kappa shape index (κ2) is 3.83. The third kappa shape index (κ3) is 1.48. The largest absolute Gasteiger partial charge is 0.327 e. The molecule has 0 bridgehead atoms. The van der Waals surface area contributed by atoms with E-state index in [1.165, 1.54) is 12.8 Å². The van der Waals surface area contributed by atoms with E-state index in [0.717, 1.165) is 24.3 Å². The van der Waals surface area contributed by atoms with Gasteiger partial charge in [0.1, 0.15) is 0 Å². The average molecular weight is 217 g/mol. The molecular weight excluding hydrogens is 202 g/mol. The van der Waals surface area contributed by atoms with Crippen molar-refractivity contribution >= 4 is 5.65 Å². The smallest absolute Gasteiger partial charge is 0.177 e. The molecule has 0 spiro atoms. The first-order chi connectivity index (χ1) is 7.86. The Balaban J connectivity index is 2.04. The lowest BCUT2D eigenvalue weighted by molar-refractivity contribution is 0.368. The molecule has 84 valence electrons. The van der Waals surface area contributed by atoms with Gasteiger partial charge in [-0.05, 0) is 25.0 Å². The van der Waals surface area contributed by atoms with Gasteiger partial charge in [0.15, 0.2) is 11.5 Å². The Hall–Kier alpha value is -1.49. The molecule has 3 rings (SSSR count). The fourth-order valence-electron chi connectivity index (χ4n) is 2.47. The number of nitrogens with zero attached hydrogens (tertiary/aromatic N) is 4. The van der Waals surface area contributed by atoms with Gasteiger partial charge >= 0.3 is 0 Å². The van der Waals surface area contributed by atoms with Gasteiger partial charge in [0.05, 0.1) is 0 Å². The highest BCUT2D eigenvalue weighted by atomic mass is 15.4.